The molecular formula is C16H12Cl2N4. The van der Waals surface area contributed by atoms with Crippen LogP contribution in [0.4, 0.5) is 5.82 Å². The highest BCUT2D eigenvalue weighted by Crippen LogP contribution is 2.22. The van der Waals surface area contributed by atoms with E-state index in [1.165, 1.54) is 0 Å². The molecule has 0 spiro atoms. The first kappa shape index (κ1) is 14.8. The SMILES string of the molecule is C/C(=N\Nc1nncc2ccccc12)c1cc(Cl)ccc1Cl. The molecule has 3 aromatic rings. The Kier molecular flexibility index (Phi) is 4.22. The lowest BCUT2D eigenvalue weighted by Crippen LogP contribution is -2.02. The second-order valence-electron chi connectivity index (χ2n) is 4.71. The largest absolute Gasteiger partial charge is 0.259 e. The quantitative estimate of drug-likeness (QED) is 0.555. The molecule has 0 aliphatic heterocycles. The number of hydrazone groups is 1. The summed E-state index contributed by atoms with van der Waals surface area (Å²) in [6.45, 7) is 1.85. The zero-order chi connectivity index (χ0) is 15.5. The number of rotatable bonds is 3. The highest BCUT2D eigenvalue weighted by atomic mass is 35.5. The van der Waals surface area contributed by atoms with Crippen LogP contribution in [-0.2, 0) is 0 Å². The number of halogens is 2. The summed E-state index contributed by atoms with van der Waals surface area (Å²) in [5, 5.41) is 15.5. The maximum atomic E-state index is 6.17. The van der Waals surface area contributed by atoms with Gasteiger partial charge in [-0.3, -0.25) is 5.43 Å². The topological polar surface area (TPSA) is 50.2 Å². The predicted molar refractivity (Wildman–Crippen MR) is 91.8 cm³/mol. The molecule has 0 aliphatic rings. The number of hydrogen-bond acceptors (Lipinski definition) is 4. The van der Waals surface area contributed by atoms with E-state index in [4.69, 9.17) is 23.2 Å². The first-order chi connectivity index (χ1) is 10.6. The van der Waals surface area contributed by atoms with Crippen molar-refractivity contribution in [3.05, 3.63) is 64.3 Å². The molecule has 3 rings (SSSR count). The highest BCUT2D eigenvalue weighted by molar-refractivity contribution is 6.36. The van der Waals surface area contributed by atoms with Crippen LogP contribution in [0.2, 0.25) is 10.0 Å². The average molecular weight is 331 g/mol. The van der Waals surface area contributed by atoms with Crippen LogP contribution in [0.5, 0.6) is 0 Å². The minimum atomic E-state index is 0.593. The number of nitrogens with one attached hydrogen (secondary N) is 1. The second kappa shape index (κ2) is 6.30. The number of fused-ring (bicyclic) bond motifs is 1. The first-order valence-electron chi connectivity index (χ1n) is 6.61. The van der Waals surface area contributed by atoms with Gasteiger partial charge in [0.25, 0.3) is 0 Å². The fourth-order valence-corrected chi connectivity index (χ4v) is 2.51. The van der Waals surface area contributed by atoms with Gasteiger partial charge in [0.05, 0.1) is 11.9 Å². The molecule has 1 aromatic heterocycles. The Bertz CT molecular complexity index is 856. The van der Waals surface area contributed by atoms with Gasteiger partial charge in [-0.05, 0) is 25.1 Å². The van der Waals surface area contributed by atoms with Gasteiger partial charge in [-0.1, -0.05) is 47.5 Å². The lowest BCUT2D eigenvalue weighted by molar-refractivity contribution is 1.04. The summed E-state index contributed by atoms with van der Waals surface area (Å²) in [4.78, 5) is 0. The van der Waals surface area contributed by atoms with Gasteiger partial charge in [0.2, 0.25) is 0 Å². The summed E-state index contributed by atoms with van der Waals surface area (Å²) in [7, 11) is 0. The molecule has 1 heterocycles. The van der Waals surface area contributed by atoms with Crippen LogP contribution in [-0.4, -0.2) is 15.9 Å². The molecule has 0 unspecified atom stereocenters. The minimum absolute atomic E-state index is 0.593. The average Bonchev–Trinajstić information content (AvgIpc) is 2.54. The highest BCUT2D eigenvalue weighted by Gasteiger charge is 2.06. The third-order valence-corrected chi connectivity index (χ3v) is 3.78. The number of aromatic nitrogens is 2. The molecule has 0 atom stereocenters. The number of hydrogen-bond donors (Lipinski definition) is 1. The Morgan fingerprint density at radius 1 is 1.14 bits per heavy atom. The van der Waals surface area contributed by atoms with Crippen molar-refractivity contribution in [2.45, 2.75) is 6.92 Å². The summed E-state index contributed by atoms with van der Waals surface area (Å²) >= 11 is 12.2. The molecule has 2 aromatic carbocycles. The number of anilines is 1. The molecule has 0 saturated heterocycles. The Hall–Kier alpha value is -2.17. The van der Waals surface area contributed by atoms with Crippen LogP contribution in [0, 0.1) is 0 Å². The fraction of sp³-hybridized carbons (Fsp3) is 0.0625. The Balaban J connectivity index is 1.94. The summed E-state index contributed by atoms with van der Waals surface area (Å²) in [6.07, 6.45) is 1.71. The lowest BCUT2D eigenvalue weighted by atomic mass is 10.1. The smallest absolute Gasteiger partial charge is 0.176 e. The van der Waals surface area contributed by atoms with Gasteiger partial charge in [-0.2, -0.15) is 10.2 Å². The van der Waals surface area contributed by atoms with Crippen LogP contribution >= 0.6 is 23.2 Å². The van der Waals surface area contributed by atoms with Gasteiger partial charge in [-0.25, -0.2) is 0 Å². The Morgan fingerprint density at radius 3 is 2.82 bits per heavy atom. The van der Waals surface area contributed by atoms with Crippen LogP contribution < -0.4 is 5.43 Å². The van der Waals surface area contributed by atoms with E-state index in [1.54, 1.807) is 24.4 Å². The zero-order valence-electron chi connectivity index (χ0n) is 11.7. The van der Waals surface area contributed by atoms with Gasteiger partial charge in [0.1, 0.15) is 0 Å². The van der Waals surface area contributed by atoms with Crippen molar-refractivity contribution in [2.24, 2.45) is 5.10 Å². The molecule has 110 valence electrons. The molecule has 6 heteroatoms. The lowest BCUT2D eigenvalue weighted by Gasteiger charge is -2.07. The van der Waals surface area contributed by atoms with Crippen LogP contribution in [0.15, 0.2) is 53.8 Å². The maximum absolute atomic E-state index is 6.17. The molecule has 0 radical (unpaired) electrons. The maximum Gasteiger partial charge on any atom is 0.176 e. The molecule has 22 heavy (non-hydrogen) atoms. The second-order valence-corrected chi connectivity index (χ2v) is 5.56. The van der Waals surface area contributed by atoms with Gasteiger partial charge in [0, 0.05) is 26.4 Å². The van der Waals surface area contributed by atoms with E-state index in [9.17, 15) is 0 Å². The van der Waals surface area contributed by atoms with E-state index in [1.807, 2.05) is 31.2 Å². The van der Waals surface area contributed by atoms with E-state index in [2.05, 4.69) is 20.7 Å². The monoisotopic (exact) mass is 330 g/mol. The summed E-state index contributed by atoms with van der Waals surface area (Å²) in [6, 6.07) is 13.1. The van der Waals surface area contributed by atoms with Crippen LogP contribution in [0.25, 0.3) is 10.8 Å². The molecule has 0 saturated carbocycles. The van der Waals surface area contributed by atoms with Crippen LogP contribution in [0.3, 0.4) is 0 Å². The van der Waals surface area contributed by atoms with Crippen molar-refractivity contribution in [3.8, 4) is 0 Å². The Morgan fingerprint density at radius 2 is 1.95 bits per heavy atom. The van der Waals surface area contributed by atoms with E-state index in [0.717, 1.165) is 16.3 Å². The van der Waals surface area contributed by atoms with E-state index in [0.29, 0.717) is 21.6 Å². The summed E-state index contributed by atoms with van der Waals surface area (Å²) in [5.41, 5.74) is 4.43. The molecule has 0 bridgehead atoms. The number of benzene rings is 2. The van der Waals surface area contributed by atoms with Crippen molar-refractivity contribution in [1.82, 2.24) is 10.2 Å². The molecule has 0 fully saturated rings. The molecular weight excluding hydrogens is 319 g/mol. The molecule has 0 amide bonds. The van der Waals surface area contributed by atoms with Gasteiger partial charge in [-0.15, -0.1) is 5.10 Å². The number of nitrogens with zero attached hydrogens (tertiary/aromatic N) is 3. The standard InChI is InChI=1S/C16H12Cl2N4/c1-10(14-8-12(17)6-7-15(14)18)20-22-16-13-5-3-2-4-11(13)9-19-21-16/h2-9H,1H3,(H,21,22)/b20-10+. The summed E-state index contributed by atoms with van der Waals surface area (Å²) in [5.74, 6) is 0.593. The van der Waals surface area contributed by atoms with Crippen molar-refractivity contribution in [3.63, 3.8) is 0 Å². The third-order valence-electron chi connectivity index (χ3n) is 3.22. The van der Waals surface area contributed by atoms with E-state index >= 15 is 0 Å². The zero-order valence-corrected chi connectivity index (χ0v) is 13.2. The summed E-state index contributed by atoms with van der Waals surface area (Å²) < 4.78 is 0. The normalized spacial score (nSPS) is 11.7. The molecule has 1 N–H and O–H groups in total. The van der Waals surface area contributed by atoms with Gasteiger partial charge < -0.3 is 0 Å². The Labute approximate surface area is 137 Å². The van der Waals surface area contributed by atoms with E-state index < -0.39 is 0 Å². The van der Waals surface area contributed by atoms with Crippen molar-refractivity contribution in [2.75, 3.05) is 5.43 Å². The van der Waals surface area contributed by atoms with Gasteiger partial charge >= 0.3 is 0 Å². The molecule has 4 nitrogen and oxygen atoms in total. The fourth-order valence-electron chi connectivity index (χ4n) is 2.08. The van der Waals surface area contributed by atoms with Crippen molar-refractivity contribution >= 4 is 45.5 Å². The predicted octanol–water partition coefficient (Wildman–Crippen LogP) is 4.77. The minimum Gasteiger partial charge on any atom is -0.259 e. The van der Waals surface area contributed by atoms with E-state index in [-0.39, 0.29) is 0 Å². The van der Waals surface area contributed by atoms with Crippen molar-refractivity contribution in [1.29, 1.82) is 0 Å². The third kappa shape index (κ3) is 3.03. The molecule has 0 aliphatic carbocycles. The first-order valence-corrected chi connectivity index (χ1v) is 7.37. The van der Waals surface area contributed by atoms with Crippen LogP contribution in [0.1, 0.15) is 12.5 Å². The van der Waals surface area contributed by atoms with Crippen molar-refractivity contribution < 1.29 is 0 Å². The van der Waals surface area contributed by atoms with Gasteiger partial charge in [0.15, 0.2) is 5.82 Å².